The van der Waals surface area contributed by atoms with E-state index in [0.29, 0.717) is 6.42 Å². The zero-order chi connectivity index (χ0) is 9.61. The summed E-state index contributed by atoms with van der Waals surface area (Å²) in [6, 6.07) is 0. The second-order valence-electron chi connectivity index (χ2n) is 2.76. The van der Waals surface area contributed by atoms with Crippen molar-refractivity contribution >= 4 is 13.4 Å². The zero-order valence-electron chi connectivity index (χ0n) is 7.12. The third kappa shape index (κ3) is 7.92. The van der Waals surface area contributed by atoms with Crippen molar-refractivity contribution in [2.75, 3.05) is 6.16 Å². The van der Waals surface area contributed by atoms with Crippen LogP contribution >= 0.6 is 7.60 Å². The summed E-state index contributed by atoms with van der Waals surface area (Å²) in [6.07, 6.45) is 1.93. The summed E-state index contributed by atoms with van der Waals surface area (Å²) < 4.78 is 10.1. The van der Waals surface area contributed by atoms with E-state index in [1.54, 1.807) is 0 Å². The molecule has 0 aromatic heterocycles. The molecule has 0 radical (unpaired) electrons. The monoisotopic (exact) mass is 192 g/mol. The lowest BCUT2D eigenvalue weighted by atomic mass is 10.2. The summed E-state index contributed by atoms with van der Waals surface area (Å²) in [7, 11) is -4.62. The van der Waals surface area contributed by atoms with Gasteiger partial charge in [0.25, 0.3) is 0 Å². The summed E-state index contributed by atoms with van der Waals surface area (Å²) in [4.78, 5) is 31.0. The molecule has 0 unspecified atom stereocenters. The van der Waals surface area contributed by atoms with E-state index >= 15 is 0 Å². The summed E-state index contributed by atoms with van der Waals surface area (Å²) in [5.74, 6) is -0.461. The van der Waals surface area contributed by atoms with Gasteiger partial charge >= 0.3 is 0 Å². The van der Waals surface area contributed by atoms with Gasteiger partial charge in [-0.2, -0.15) is 0 Å². The van der Waals surface area contributed by atoms with E-state index in [0.717, 1.165) is 12.8 Å². The molecule has 0 N–H and O–H groups in total. The molecule has 0 amide bonds. The van der Waals surface area contributed by atoms with Crippen molar-refractivity contribution in [3.63, 3.8) is 0 Å². The van der Waals surface area contributed by atoms with E-state index in [2.05, 4.69) is 0 Å². The maximum absolute atomic E-state index is 10.8. The highest BCUT2D eigenvalue weighted by Gasteiger charge is 2.03. The fourth-order valence-electron chi connectivity index (χ4n) is 0.867. The maximum Gasteiger partial charge on any atom is 0.137 e. The normalized spacial score (nSPS) is 11.6. The van der Waals surface area contributed by atoms with E-state index in [1.165, 1.54) is 0 Å². The van der Waals surface area contributed by atoms with Crippen molar-refractivity contribution in [3.05, 3.63) is 0 Å². The minimum Gasteiger partial charge on any atom is -0.810 e. The SMILES string of the molecule is CCCCCC(=O)CP(=O)([O-])[O-]. The van der Waals surface area contributed by atoms with Gasteiger partial charge in [-0.05, 0) is 6.42 Å². The molecule has 0 aliphatic carbocycles. The molecule has 0 aromatic carbocycles. The lowest BCUT2D eigenvalue weighted by molar-refractivity contribution is -0.312. The number of rotatable bonds is 6. The number of ketones is 1. The van der Waals surface area contributed by atoms with Gasteiger partial charge in [0.15, 0.2) is 0 Å². The molecule has 0 aromatic rings. The van der Waals surface area contributed by atoms with Crippen molar-refractivity contribution < 1.29 is 19.1 Å². The van der Waals surface area contributed by atoms with E-state index in [-0.39, 0.29) is 6.42 Å². The first kappa shape index (κ1) is 11.8. The maximum atomic E-state index is 10.8. The molecule has 0 heterocycles. The molecule has 0 aliphatic heterocycles. The highest BCUT2D eigenvalue weighted by molar-refractivity contribution is 7.49. The van der Waals surface area contributed by atoms with Crippen LogP contribution in [-0.2, 0) is 9.36 Å². The second kappa shape index (κ2) is 5.46. The Morgan fingerprint density at radius 3 is 2.33 bits per heavy atom. The molecule has 12 heavy (non-hydrogen) atoms. The van der Waals surface area contributed by atoms with Gasteiger partial charge in [0, 0.05) is 12.6 Å². The van der Waals surface area contributed by atoms with Crippen LogP contribution in [0.4, 0.5) is 0 Å². The van der Waals surface area contributed by atoms with E-state index in [1.807, 2.05) is 6.92 Å². The Morgan fingerprint density at radius 1 is 1.33 bits per heavy atom. The van der Waals surface area contributed by atoms with Crippen molar-refractivity contribution in [2.24, 2.45) is 0 Å². The fourth-order valence-corrected chi connectivity index (χ4v) is 1.46. The highest BCUT2D eigenvalue weighted by Crippen LogP contribution is 2.23. The summed E-state index contributed by atoms with van der Waals surface area (Å²) in [6.45, 7) is 1.98. The Morgan fingerprint density at radius 2 is 1.92 bits per heavy atom. The first-order valence-corrected chi connectivity index (χ1v) is 5.71. The molecule has 0 saturated carbocycles. The van der Waals surface area contributed by atoms with Crippen LogP contribution in [0, 0.1) is 0 Å². The highest BCUT2D eigenvalue weighted by atomic mass is 31.2. The Kier molecular flexibility index (Phi) is 5.38. The summed E-state index contributed by atoms with van der Waals surface area (Å²) in [5, 5.41) is 0. The van der Waals surface area contributed by atoms with Crippen LogP contribution < -0.4 is 9.79 Å². The lowest BCUT2D eigenvalue weighted by Crippen LogP contribution is -2.21. The van der Waals surface area contributed by atoms with E-state index in [9.17, 15) is 19.1 Å². The Labute approximate surface area is 72.1 Å². The van der Waals surface area contributed by atoms with Crippen LogP contribution in [0.1, 0.15) is 32.6 Å². The average Bonchev–Trinajstić information content (AvgIpc) is 1.84. The van der Waals surface area contributed by atoms with Crippen molar-refractivity contribution in [1.82, 2.24) is 0 Å². The van der Waals surface area contributed by atoms with Crippen molar-refractivity contribution in [2.45, 2.75) is 32.6 Å². The quantitative estimate of drug-likeness (QED) is 0.440. The largest absolute Gasteiger partial charge is 0.810 e. The van der Waals surface area contributed by atoms with Crippen LogP contribution in [0.5, 0.6) is 0 Å². The van der Waals surface area contributed by atoms with Crippen molar-refractivity contribution in [1.29, 1.82) is 0 Å². The smallest absolute Gasteiger partial charge is 0.137 e. The van der Waals surface area contributed by atoms with Crippen LogP contribution in [0.15, 0.2) is 0 Å². The van der Waals surface area contributed by atoms with Crippen molar-refractivity contribution in [3.8, 4) is 0 Å². The Bertz CT molecular complexity index is 184. The third-order valence-corrected chi connectivity index (χ3v) is 2.17. The second-order valence-corrected chi connectivity index (χ2v) is 4.30. The van der Waals surface area contributed by atoms with Gasteiger partial charge in [-0.3, -0.25) is 4.79 Å². The molecule has 0 saturated heterocycles. The van der Waals surface area contributed by atoms with Gasteiger partial charge in [-0.1, -0.05) is 27.4 Å². The van der Waals surface area contributed by atoms with Gasteiger partial charge in [0.1, 0.15) is 5.78 Å². The molecule has 72 valence electrons. The van der Waals surface area contributed by atoms with Crippen LogP contribution in [0.25, 0.3) is 0 Å². The molecule has 0 bridgehead atoms. The molecular formula is C7H13O4P-2. The predicted molar refractivity (Wildman–Crippen MR) is 41.6 cm³/mol. The number of unbranched alkanes of at least 4 members (excludes halogenated alkanes) is 2. The Hall–Kier alpha value is -0.180. The van der Waals surface area contributed by atoms with E-state index in [4.69, 9.17) is 0 Å². The topological polar surface area (TPSA) is 80.3 Å². The first-order valence-electron chi connectivity index (χ1n) is 3.98. The third-order valence-electron chi connectivity index (χ3n) is 1.43. The van der Waals surface area contributed by atoms with Gasteiger partial charge < -0.3 is 14.4 Å². The number of carbonyl (C=O) groups excluding carboxylic acids is 1. The number of hydrogen-bond acceptors (Lipinski definition) is 4. The molecule has 0 spiro atoms. The molecule has 0 fully saturated rings. The van der Waals surface area contributed by atoms with Gasteiger partial charge in [-0.15, -0.1) is 0 Å². The standard InChI is InChI=1S/C7H15O4P/c1-2-3-4-5-7(8)6-12(9,10)11/h2-6H2,1H3,(H2,9,10,11)/p-2. The number of Topliss-reactive ketones (excluding diaryl/α,β-unsaturated/α-hetero) is 1. The number of carbonyl (C=O) groups is 1. The molecule has 0 aliphatic rings. The first-order chi connectivity index (χ1) is 5.45. The number of hydrogen-bond donors (Lipinski definition) is 0. The minimum atomic E-state index is -4.62. The van der Waals surface area contributed by atoms with E-state index < -0.39 is 19.5 Å². The lowest BCUT2D eigenvalue weighted by Gasteiger charge is -2.28. The molecule has 0 rings (SSSR count). The van der Waals surface area contributed by atoms with Crippen LogP contribution in [0.3, 0.4) is 0 Å². The minimum absolute atomic E-state index is 0.211. The average molecular weight is 192 g/mol. The molecule has 4 nitrogen and oxygen atoms in total. The summed E-state index contributed by atoms with van der Waals surface area (Å²) >= 11 is 0. The Balaban J connectivity index is 3.54. The van der Waals surface area contributed by atoms with Crippen LogP contribution in [0.2, 0.25) is 0 Å². The van der Waals surface area contributed by atoms with Crippen LogP contribution in [-0.4, -0.2) is 11.9 Å². The van der Waals surface area contributed by atoms with Gasteiger partial charge in [0.2, 0.25) is 0 Å². The molecular weight excluding hydrogens is 179 g/mol. The fraction of sp³-hybridized carbons (Fsp3) is 0.857. The predicted octanol–water partition coefficient (Wildman–Crippen LogP) is 0.0495. The summed E-state index contributed by atoms with van der Waals surface area (Å²) in [5.41, 5.74) is 0. The van der Waals surface area contributed by atoms with Gasteiger partial charge in [-0.25, -0.2) is 0 Å². The zero-order valence-corrected chi connectivity index (χ0v) is 8.01. The van der Waals surface area contributed by atoms with Gasteiger partial charge in [0.05, 0.1) is 0 Å². The molecule has 0 atom stereocenters. The molecule has 5 heteroatoms.